The molecular formula is C19H21N3O. The van der Waals surface area contributed by atoms with Gasteiger partial charge < -0.3 is 5.32 Å². The van der Waals surface area contributed by atoms with Crippen LogP contribution in [0.15, 0.2) is 59.4 Å². The summed E-state index contributed by atoms with van der Waals surface area (Å²) in [5.41, 5.74) is 1.58. The van der Waals surface area contributed by atoms with Crippen molar-refractivity contribution in [1.29, 1.82) is 0 Å². The zero-order chi connectivity index (χ0) is 16.2. The summed E-state index contributed by atoms with van der Waals surface area (Å²) in [6.07, 6.45) is 0.867. The average Bonchev–Trinajstić information content (AvgIpc) is 2.60. The lowest BCUT2D eigenvalue weighted by Crippen LogP contribution is -2.31. The minimum Gasteiger partial charge on any atom is -0.308 e. The Hall–Kier alpha value is -2.46. The fraction of sp³-hybridized carbons (Fsp3) is 0.263. The second-order valence-electron chi connectivity index (χ2n) is 5.48. The van der Waals surface area contributed by atoms with Crippen LogP contribution >= 0.6 is 0 Å². The molecule has 0 fully saturated rings. The maximum Gasteiger partial charge on any atom is 0.266 e. The van der Waals surface area contributed by atoms with Gasteiger partial charge in [0, 0.05) is 0 Å². The van der Waals surface area contributed by atoms with Crippen molar-refractivity contribution in [3.63, 3.8) is 0 Å². The number of aromatic nitrogens is 2. The molecule has 0 spiro atoms. The van der Waals surface area contributed by atoms with Crippen molar-refractivity contribution in [1.82, 2.24) is 14.9 Å². The Morgan fingerprint density at radius 3 is 2.43 bits per heavy atom. The Balaban J connectivity index is 2.34. The van der Waals surface area contributed by atoms with Crippen LogP contribution in [0, 0.1) is 0 Å². The van der Waals surface area contributed by atoms with Crippen LogP contribution in [0.3, 0.4) is 0 Å². The lowest BCUT2D eigenvalue weighted by atomic mass is 10.1. The third kappa shape index (κ3) is 2.90. The summed E-state index contributed by atoms with van der Waals surface area (Å²) >= 11 is 0. The van der Waals surface area contributed by atoms with Crippen molar-refractivity contribution in [2.45, 2.75) is 26.3 Å². The summed E-state index contributed by atoms with van der Waals surface area (Å²) in [5, 5.41) is 4.07. The normalized spacial score (nSPS) is 12.4. The summed E-state index contributed by atoms with van der Waals surface area (Å²) < 4.78 is 1.74. The smallest absolute Gasteiger partial charge is 0.266 e. The van der Waals surface area contributed by atoms with Crippen molar-refractivity contribution in [2.24, 2.45) is 0 Å². The van der Waals surface area contributed by atoms with E-state index in [-0.39, 0.29) is 11.6 Å². The summed E-state index contributed by atoms with van der Waals surface area (Å²) in [6.45, 7) is 4.99. The molecule has 1 atom stereocenters. The number of fused-ring (bicyclic) bond motifs is 1. The Morgan fingerprint density at radius 2 is 1.74 bits per heavy atom. The third-order valence-corrected chi connectivity index (χ3v) is 3.99. The summed E-state index contributed by atoms with van der Waals surface area (Å²) in [5.74, 6) is 0.768. The zero-order valence-corrected chi connectivity index (χ0v) is 13.5. The van der Waals surface area contributed by atoms with Crippen LogP contribution in [0.4, 0.5) is 0 Å². The Labute approximate surface area is 135 Å². The topological polar surface area (TPSA) is 46.9 Å². The molecule has 2 aromatic carbocycles. The van der Waals surface area contributed by atoms with Gasteiger partial charge in [-0.3, -0.25) is 9.36 Å². The standard InChI is InChI=1S/C19H21N3O/c1-3-16(20-4-2)18-21-17-13-9-8-12-15(17)19(23)22(18)14-10-6-5-7-11-14/h5-13,16,20H,3-4H2,1-2H3/t16-/m0/s1. The molecule has 1 heterocycles. The maximum absolute atomic E-state index is 13.1. The molecule has 0 bridgehead atoms. The second-order valence-corrected chi connectivity index (χ2v) is 5.48. The molecule has 0 saturated carbocycles. The Bertz CT molecular complexity index is 855. The Kier molecular flexibility index (Phi) is 4.53. The molecule has 0 amide bonds. The van der Waals surface area contributed by atoms with E-state index in [0.717, 1.165) is 30.0 Å². The second kappa shape index (κ2) is 6.75. The van der Waals surface area contributed by atoms with Crippen molar-refractivity contribution < 1.29 is 0 Å². The molecule has 0 aliphatic heterocycles. The molecule has 0 aliphatic carbocycles. The van der Waals surface area contributed by atoms with Gasteiger partial charge in [-0.2, -0.15) is 0 Å². The highest BCUT2D eigenvalue weighted by atomic mass is 16.1. The number of rotatable bonds is 5. The van der Waals surface area contributed by atoms with Crippen molar-refractivity contribution in [3.8, 4) is 5.69 Å². The molecule has 0 aliphatic rings. The molecule has 23 heavy (non-hydrogen) atoms. The van der Waals surface area contributed by atoms with Crippen LogP contribution in [-0.2, 0) is 0 Å². The van der Waals surface area contributed by atoms with E-state index >= 15 is 0 Å². The first-order valence-corrected chi connectivity index (χ1v) is 8.06. The minimum atomic E-state index is -0.0202. The maximum atomic E-state index is 13.1. The van der Waals surface area contributed by atoms with Crippen LogP contribution < -0.4 is 10.9 Å². The highest BCUT2D eigenvalue weighted by Crippen LogP contribution is 2.20. The van der Waals surface area contributed by atoms with Gasteiger partial charge in [-0.1, -0.05) is 44.2 Å². The van der Waals surface area contributed by atoms with Crippen LogP contribution in [0.5, 0.6) is 0 Å². The number of hydrogen-bond donors (Lipinski definition) is 1. The molecule has 1 N–H and O–H groups in total. The molecule has 0 radical (unpaired) electrons. The van der Waals surface area contributed by atoms with E-state index < -0.39 is 0 Å². The lowest BCUT2D eigenvalue weighted by Gasteiger charge is -2.21. The van der Waals surface area contributed by atoms with E-state index in [1.54, 1.807) is 4.57 Å². The highest BCUT2D eigenvalue weighted by Gasteiger charge is 2.18. The number of para-hydroxylation sites is 2. The first-order valence-electron chi connectivity index (χ1n) is 8.06. The molecule has 4 heteroatoms. The van der Waals surface area contributed by atoms with Crippen LogP contribution in [-0.4, -0.2) is 16.1 Å². The average molecular weight is 307 g/mol. The summed E-state index contributed by atoms with van der Waals surface area (Å²) in [6, 6.07) is 17.3. The van der Waals surface area contributed by atoms with E-state index in [4.69, 9.17) is 4.98 Å². The summed E-state index contributed by atoms with van der Waals surface area (Å²) in [4.78, 5) is 17.9. The predicted octanol–water partition coefficient (Wildman–Crippen LogP) is 3.45. The number of nitrogens with zero attached hydrogens (tertiary/aromatic N) is 2. The van der Waals surface area contributed by atoms with Gasteiger partial charge >= 0.3 is 0 Å². The molecule has 4 nitrogen and oxygen atoms in total. The van der Waals surface area contributed by atoms with Crippen molar-refractivity contribution in [2.75, 3.05) is 6.54 Å². The van der Waals surface area contributed by atoms with Crippen LogP contribution in [0.2, 0.25) is 0 Å². The molecule has 3 aromatic rings. The summed E-state index contributed by atoms with van der Waals surface area (Å²) in [7, 11) is 0. The van der Waals surface area contributed by atoms with Gasteiger partial charge in [-0.05, 0) is 37.2 Å². The van der Waals surface area contributed by atoms with Gasteiger partial charge in [-0.15, -0.1) is 0 Å². The van der Waals surface area contributed by atoms with Crippen molar-refractivity contribution >= 4 is 10.9 Å². The largest absolute Gasteiger partial charge is 0.308 e. The van der Waals surface area contributed by atoms with Gasteiger partial charge in [0.05, 0.1) is 22.6 Å². The fourth-order valence-corrected chi connectivity index (χ4v) is 2.87. The van der Waals surface area contributed by atoms with Crippen LogP contribution in [0.1, 0.15) is 32.1 Å². The quantitative estimate of drug-likeness (QED) is 0.785. The van der Waals surface area contributed by atoms with E-state index in [9.17, 15) is 4.79 Å². The van der Waals surface area contributed by atoms with E-state index in [1.807, 2.05) is 54.6 Å². The van der Waals surface area contributed by atoms with E-state index in [2.05, 4.69) is 19.2 Å². The van der Waals surface area contributed by atoms with Gasteiger partial charge in [-0.25, -0.2) is 4.98 Å². The van der Waals surface area contributed by atoms with E-state index in [1.165, 1.54) is 0 Å². The molecule has 3 rings (SSSR count). The van der Waals surface area contributed by atoms with Gasteiger partial charge in [0.1, 0.15) is 5.82 Å². The minimum absolute atomic E-state index is 0.0202. The zero-order valence-electron chi connectivity index (χ0n) is 13.5. The predicted molar refractivity (Wildman–Crippen MR) is 94.0 cm³/mol. The number of benzene rings is 2. The fourth-order valence-electron chi connectivity index (χ4n) is 2.87. The van der Waals surface area contributed by atoms with Crippen LogP contribution in [0.25, 0.3) is 16.6 Å². The monoisotopic (exact) mass is 307 g/mol. The highest BCUT2D eigenvalue weighted by molar-refractivity contribution is 5.77. The molecule has 1 aromatic heterocycles. The molecule has 0 saturated heterocycles. The van der Waals surface area contributed by atoms with E-state index in [0.29, 0.717) is 5.39 Å². The number of nitrogens with one attached hydrogen (secondary N) is 1. The first-order chi connectivity index (χ1) is 11.3. The SMILES string of the molecule is CCN[C@@H](CC)c1nc2ccccc2c(=O)n1-c1ccccc1. The van der Waals surface area contributed by atoms with Gasteiger partial charge in [0.25, 0.3) is 5.56 Å². The molecule has 118 valence electrons. The van der Waals surface area contributed by atoms with Gasteiger partial charge in [0.2, 0.25) is 0 Å². The third-order valence-electron chi connectivity index (χ3n) is 3.99. The number of hydrogen-bond acceptors (Lipinski definition) is 3. The Morgan fingerprint density at radius 1 is 1.04 bits per heavy atom. The first kappa shape index (κ1) is 15.4. The van der Waals surface area contributed by atoms with Crippen molar-refractivity contribution in [3.05, 3.63) is 70.8 Å². The molecular weight excluding hydrogens is 286 g/mol. The van der Waals surface area contributed by atoms with Gasteiger partial charge in [0.15, 0.2) is 0 Å². The lowest BCUT2D eigenvalue weighted by molar-refractivity contribution is 0.498. The molecule has 0 unspecified atom stereocenters.